The van der Waals surface area contributed by atoms with Crippen LogP contribution in [-0.4, -0.2) is 19.1 Å². The van der Waals surface area contributed by atoms with E-state index in [0.29, 0.717) is 25.4 Å². The van der Waals surface area contributed by atoms with Crippen LogP contribution in [0.1, 0.15) is 11.1 Å². The van der Waals surface area contributed by atoms with Crippen LogP contribution in [-0.2, 0) is 11.2 Å². The summed E-state index contributed by atoms with van der Waals surface area (Å²) in [5.74, 6) is 1.36. The molecule has 21 heavy (non-hydrogen) atoms. The first-order chi connectivity index (χ1) is 10.2. The number of hydrogen-bond donors (Lipinski definition) is 1. The minimum Gasteiger partial charge on any atom is -0.486 e. The monoisotopic (exact) mass is 283 g/mol. The van der Waals surface area contributed by atoms with Crippen LogP contribution in [0.2, 0.25) is 0 Å². The first kappa shape index (κ1) is 13.5. The van der Waals surface area contributed by atoms with Crippen LogP contribution in [0.25, 0.3) is 0 Å². The molecule has 1 aliphatic rings. The van der Waals surface area contributed by atoms with Crippen molar-refractivity contribution < 1.29 is 14.3 Å². The van der Waals surface area contributed by atoms with E-state index in [-0.39, 0.29) is 5.91 Å². The Balaban J connectivity index is 1.69. The van der Waals surface area contributed by atoms with E-state index in [9.17, 15) is 4.79 Å². The number of ether oxygens (including phenoxy) is 2. The molecule has 3 rings (SSSR count). The molecular formula is C17H17NO3. The number of rotatable bonds is 3. The minimum absolute atomic E-state index is 0.0408. The summed E-state index contributed by atoms with van der Waals surface area (Å²) in [5, 5.41) is 2.89. The maximum Gasteiger partial charge on any atom is 0.228 e. The van der Waals surface area contributed by atoms with E-state index in [2.05, 4.69) is 5.32 Å². The minimum atomic E-state index is -0.0408. The Morgan fingerprint density at radius 2 is 1.86 bits per heavy atom. The lowest BCUT2D eigenvalue weighted by atomic mass is 10.1. The predicted molar refractivity (Wildman–Crippen MR) is 80.9 cm³/mol. The molecular weight excluding hydrogens is 266 g/mol. The summed E-state index contributed by atoms with van der Waals surface area (Å²) in [7, 11) is 0. The fourth-order valence-electron chi connectivity index (χ4n) is 2.31. The highest BCUT2D eigenvalue weighted by Crippen LogP contribution is 2.32. The number of hydrogen-bond acceptors (Lipinski definition) is 3. The van der Waals surface area contributed by atoms with Crippen LogP contribution >= 0.6 is 0 Å². The van der Waals surface area contributed by atoms with E-state index in [1.165, 1.54) is 0 Å². The van der Waals surface area contributed by atoms with E-state index in [1.54, 1.807) is 6.07 Å². The Morgan fingerprint density at radius 3 is 2.67 bits per heavy atom. The summed E-state index contributed by atoms with van der Waals surface area (Å²) < 4.78 is 11.0. The van der Waals surface area contributed by atoms with Crippen molar-refractivity contribution in [3.05, 3.63) is 53.6 Å². The summed E-state index contributed by atoms with van der Waals surface area (Å²) >= 11 is 0. The van der Waals surface area contributed by atoms with Gasteiger partial charge >= 0.3 is 0 Å². The lowest BCUT2D eigenvalue weighted by Crippen LogP contribution is -2.17. The molecule has 0 aliphatic carbocycles. The summed E-state index contributed by atoms with van der Waals surface area (Å²) in [6, 6.07) is 13.3. The average molecular weight is 283 g/mol. The molecule has 1 amide bonds. The lowest BCUT2D eigenvalue weighted by molar-refractivity contribution is -0.115. The Hall–Kier alpha value is -2.49. The first-order valence-electron chi connectivity index (χ1n) is 6.96. The highest BCUT2D eigenvalue weighted by molar-refractivity contribution is 5.92. The summed E-state index contributed by atoms with van der Waals surface area (Å²) in [5.41, 5.74) is 2.88. The van der Waals surface area contributed by atoms with E-state index in [4.69, 9.17) is 9.47 Å². The van der Waals surface area contributed by atoms with Crippen molar-refractivity contribution in [2.75, 3.05) is 18.5 Å². The van der Waals surface area contributed by atoms with Gasteiger partial charge in [0, 0.05) is 11.8 Å². The van der Waals surface area contributed by atoms with Gasteiger partial charge in [-0.2, -0.15) is 0 Å². The van der Waals surface area contributed by atoms with Gasteiger partial charge in [0.05, 0.1) is 6.42 Å². The van der Waals surface area contributed by atoms with Gasteiger partial charge in [-0.3, -0.25) is 4.79 Å². The highest BCUT2D eigenvalue weighted by Gasteiger charge is 2.13. The average Bonchev–Trinajstić information content (AvgIpc) is 2.49. The SMILES string of the molecule is Cc1ccccc1CC(=O)Nc1ccc2c(c1)OCCO2. The van der Waals surface area contributed by atoms with Gasteiger partial charge in [-0.05, 0) is 30.2 Å². The zero-order chi connectivity index (χ0) is 14.7. The van der Waals surface area contributed by atoms with Gasteiger partial charge in [0.15, 0.2) is 11.5 Å². The number of aryl methyl sites for hydroxylation is 1. The maximum atomic E-state index is 12.1. The van der Waals surface area contributed by atoms with Gasteiger partial charge in [-0.15, -0.1) is 0 Å². The molecule has 108 valence electrons. The van der Waals surface area contributed by atoms with Gasteiger partial charge in [-0.25, -0.2) is 0 Å². The Morgan fingerprint density at radius 1 is 1.10 bits per heavy atom. The highest BCUT2D eigenvalue weighted by atomic mass is 16.6. The molecule has 1 heterocycles. The van der Waals surface area contributed by atoms with E-state index >= 15 is 0 Å². The second kappa shape index (κ2) is 5.87. The molecule has 4 nitrogen and oxygen atoms in total. The van der Waals surface area contributed by atoms with E-state index in [1.807, 2.05) is 43.3 Å². The standard InChI is InChI=1S/C17H17NO3/c1-12-4-2-3-5-13(12)10-17(19)18-14-6-7-15-16(11-14)21-9-8-20-15/h2-7,11H,8-10H2,1H3,(H,18,19). The normalized spacial score (nSPS) is 12.8. The van der Waals surface area contributed by atoms with Crippen molar-refractivity contribution in [1.82, 2.24) is 0 Å². The topological polar surface area (TPSA) is 47.6 Å². The van der Waals surface area contributed by atoms with Crippen LogP contribution in [0.15, 0.2) is 42.5 Å². The van der Waals surface area contributed by atoms with E-state index in [0.717, 1.165) is 22.6 Å². The van der Waals surface area contributed by atoms with Crippen molar-refractivity contribution in [2.24, 2.45) is 0 Å². The fraction of sp³-hybridized carbons (Fsp3) is 0.235. The molecule has 0 aromatic heterocycles. The maximum absolute atomic E-state index is 12.1. The molecule has 0 fully saturated rings. The smallest absolute Gasteiger partial charge is 0.228 e. The van der Waals surface area contributed by atoms with Crippen molar-refractivity contribution >= 4 is 11.6 Å². The predicted octanol–water partition coefficient (Wildman–Crippen LogP) is 2.95. The molecule has 0 radical (unpaired) electrons. The molecule has 2 aromatic rings. The van der Waals surface area contributed by atoms with E-state index < -0.39 is 0 Å². The summed E-state index contributed by atoms with van der Waals surface area (Å²) in [6.45, 7) is 3.10. The van der Waals surface area contributed by atoms with Crippen LogP contribution in [0.4, 0.5) is 5.69 Å². The summed E-state index contributed by atoms with van der Waals surface area (Å²) in [4.78, 5) is 12.1. The van der Waals surface area contributed by atoms with Gasteiger partial charge in [0.1, 0.15) is 13.2 Å². The molecule has 4 heteroatoms. The third-order valence-electron chi connectivity index (χ3n) is 3.44. The Bertz CT molecular complexity index is 667. The van der Waals surface area contributed by atoms with Gasteiger partial charge in [0.25, 0.3) is 0 Å². The zero-order valence-corrected chi connectivity index (χ0v) is 11.9. The van der Waals surface area contributed by atoms with Crippen molar-refractivity contribution in [2.45, 2.75) is 13.3 Å². The van der Waals surface area contributed by atoms with Crippen molar-refractivity contribution in [1.29, 1.82) is 0 Å². The number of carbonyl (C=O) groups is 1. The van der Waals surface area contributed by atoms with Gasteiger partial charge in [0.2, 0.25) is 5.91 Å². The number of carbonyl (C=O) groups excluding carboxylic acids is 1. The van der Waals surface area contributed by atoms with Crippen molar-refractivity contribution in [3.63, 3.8) is 0 Å². The number of amides is 1. The molecule has 0 atom stereocenters. The summed E-state index contributed by atoms with van der Waals surface area (Å²) in [6.07, 6.45) is 0.362. The van der Waals surface area contributed by atoms with Crippen molar-refractivity contribution in [3.8, 4) is 11.5 Å². The third kappa shape index (κ3) is 3.16. The lowest BCUT2D eigenvalue weighted by Gasteiger charge is -2.19. The molecule has 0 unspecified atom stereocenters. The first-order valence-corrected chi connectivity index (χ1v) is 6.96. The second-order valence-electron chi connectivity index (χ2n) is 5.01. The number of fused-ring (bicyclic) bond motifs is 1. The molecule has 2 aromatic carbocycles. The number of nitrogens with one attached hydrogen (secondary N) is 1. The van der Waals surface area contributed by atoms with Crippen LogP contribution in [0, 0.1) is 6.92 Å². The fourth-order valence-corrected chi connectivity index (χ4v) is 2.31. The molecule has 1 N–H and O–H groups in total. The quantitative estimate of drug-likeness (QED) is 0.942. The second-order valence-corrected chi connectivity index (χ2v) is 5.01. The molecule has 1 aliphatic heterocycles. The third-order valence-corrected chi connectivity index (χ3v) is 3.44. The van der Waals surface area contributed by atoms with Crippen LogP contribution in [0.5, 0.6) is 11.5 Å². The van der Waals surface area contributed by atoms with Crippen LogP contribution < -0.4 is 14.8 Å². The Kier molecular flexibility index (Phi) is 3.77. The number of anilines is 1. The van der Waals surface area contributed by atoms with Crippen LogP contribution in [0.3, 0.4) is 0 Å². The molecule has 0 spiro atoms. The molecule has 0 bridgehead atoms. The largest absolute Gasteiger partial charge is 0.486 e. The van der Waals surface area contributed by atoms with Gasteiger partial charge < -0.3 is 14.8 Å². The van der Waals surface area contributed by atoms with Gasteiger partial charge in [-0.1, -0.05) is 24.3 Å². The zero-order valence-electron chi connectivity index (χ0n) is 11.9. The molecule has 0 saturated heterocycles. The Labute approximate surface area is 123 Å². The molecule has 0 saturated carbocycles. The number of benzene rings is 2.